The van der Waals surface area contributed by atoms with Crippen LogP contribution in [0, 0.1) is 0 Å². The predicted octanol–water partition coefficient (Wildman–Crippen LogP) is 1.66. The molecule has 3 N–H and O–H groups in total. The molecule has 0 radical (unpaired) electrons. The van der Waals surface area contributed by atoms with Crippen molar-refractivity contribution in [3.63, 3.8) is 0 Å². The predicted molar refractivity (Wildman–Crippen MR) is 83.2 cm³/mol. The van der Waals surface area contributed by atoms with Gasteiger partial charge >= 0.3 is 0 Å². The Balaban J connectivity index is 1.85. The quantitative estimate of drug-likeness (QED) is 0.848. The first kappa shape index (κ1) is 15.3. The number of nitrogens with one attached hydrogen (secondary N) is 1. The molecule has 0 saturated heterocycles. The second kappa shape index (κ2) is 6.54. The summed E-state index contributed by atoms with van der Waals surface area (Å²) in [6.07, 6.45) is 4.86. The maximum absolute atomic E-state index is 11.7. The van der Waals surface area contributed by atoms with E-state index >= 15 is 0 Å². The summed E-state index contributed by atoms with van der Waals surface area (Å²) in [5, 5.41) is 7.15. The third-order valence-corrected chi connectivity index (χ3v) is 3.04. The van der Waals surface area contributed by atoms with Gasteiger partial charge in [0.25, 0.3) is 0 Å². The smallest absolute Gasteiger partial charge is 0.220 e. The highest BCUT2D eigenvalue weighted by atomic mass is 16.1. The molecule has 1 aromatic carbocycles. The van der Waals surface area contributed by atoms with Gasteiger partial charge in [0.2, 0.25) is 5.91 Å². The van der Waals surface area contributed by atoms with Crippen LogP contribution in [-0.4, -0.2) is 27.8 Å². The van der Waals surface area contributed by atoms with Gasteiger partial charge in [-0.3, -0.25) is 4.79 Å². The lowest BCUT2D eigenvalue weighted by Crippen LogP contribution is -2.45. The van der Waals surface area contributed by atoms with E-state index < -0.39 is 0 Å². The van der Waals surface area contributed by atoms with E-state index in [1.54, 1.807) is 6.20 Å². The van der Waals surface area contributed by atoms with Crippen molar-refractivity contribution in [1.29, 1.82) is 0 Å². The monoisotopic (exact) mass is 286 g/mol. The van der Waals surface area contributed by atoms with Crippen LogP contribution in [0.1, 0.15) is 25.8 Å². The largest absolute Gasteiger partial charge is 0.354 e. The molecule has 0 aliphatic carbocycles. The molecule has 21 heavy (non-hydrogen) atoms. The highest BCUT2D eigenvalue weighted by molar-refractivity contribution is 5.76. The van der Waals surface area contributed by atoms with Gasteiger partial charge in [0, 0.05) is 24.7 Å². The standard InChI is InChI=1S/C16H22N4O/c1-16(2,17)12-18-15(21)9-8-13-10-19-20(11-13)14-6-4-3-5-7-14/h3-7,10-11H,8-9,12,17H2,1-2H3,(H,18,21). The van der Waals surface area contributed by atoms with Crippen LogP contribution in [0.2, 0.25) is 0 Å². The van der Waals surface area contributed by atoms with Crippen LogP contribution in [0.3, 0.4) is 0 Å². The molecule has 0 fully saturated rings. The normalized spacial score (nSPS) is 11.4. The van der Waals surface area contributed by atoms with Crippen molar-refractivity contribution in [1.82, 2.24) is 15.1 Å². The van der Waals surface area contributed by atoms with Crippen LogP contribution in [0.4, 0.5) is 0 Å². The number of carbonyl (C=O) groups is 1. The molecule has 2 aromatic rings. The molecule has 0 unspecified atom stereocenters. The van der Waals surface area contributed by atoms with Crippen LogP contribution in [0.5, 0.6) is 0 Å². The molecule has 2 rings (SSSR count). The number of aryl methyl sites for hydroxylation is 1. The summed E-state index contributed by atoms with van der Waals surface area (Å²) in [5.74, 6) is 0.0148. The Kier molecular flexibility index (Phi) is 4.75. The average molecular weight is 286 g/mol. The molecule has 112 valence electrons. The molecule has 0 aliphatic heterocycles. The molecule has 1 amide bonds. The number of para-hydroxylation sites is 1. The molecule has 1 aromatic heterocycles. The number of amides is 1. The number of rotatable bonds is 6. The molecule has 0 aliphatic rings. The molecule has 5 heteroatoms. The number of carbonyl (C=O) groups excluding carboxylic acids is 1. The summed E-state index contributed by atoms with van der Waals surface area (Å²) in [7, 11) is 0. The Hall–Kier alpha value is -2.14. The van der Waals surface area contributed by atoms with E-state index in [1.165, 1.54) is 0 Å². The van der Waals surface area contributed by atoms with Crippen molar-refractivity contribution in [2.45, 2.75) is 32.2 Å². The second-order valence-electron chi connectivity index (χ2n) is 5.89. The number of aromatic nitrogens is 2. The summed E-state index contributed by atoms with van der Waals surface area (Å²) >= 11 is 0. The fraction of sp³-hybridized carbons (Fsp3) is 0.375. The Labute approximate surface area is 125 Å². The average Bonchev–Trinajstić information content (AvgIpc) is 2.92. The van der Waals surface area contributed by atoms with Crippen LogP contribution >= 0.6 is 0 Å². The van der Waals surface area contributed by atoms with E-state index in [2.05, 4.69) is 10.4 Å². The zero-order valence-corrected chi connectivity index (χ0v) is 12.5. The Morgan fingerprint density at radius 1 is 1.33 bits per heavy atom. The highest BCUT2D eigenvalue weighted by Crippen LogP contribution is 2.09. The van der Waals surface area contributed by atoms with Gasteiger partial charge in [0.15, 0.2) is 0 Å². The zero-order valence-electron chi connectivity index (χ0n) is 12.5. The molecule has 1 heterocycles. The van der Waals surface area contributed by atoms with E-state index in [0.29, 0.717) is 19.4 Å². The number of hydrogen-bond acceptors (Lipinski definition) is 3. The van der Waals surface area contributed by atoms with Gasteiger partial charge in [-0.1, -0.05) is 18.2 Å². The van der Waals surface area contributed by atoms with E-state index in [9.17, 15) is 4.79 Å². The zero-order chi connectivity index (χ0) is 15.3. The Bertz CT molecular complexity index is 584. The van der Waals surface area contributed by atoms with Gasteiger partial charge in [0.05, 0.1) is 11.9 Å². The topological polar surface area (TPSA) is 72.9 Å². The van der Waals surface area contributed by atoms with E-state index in [4.69, 9.17) is 5.73 Å². The van der Waals surface area contributed by atoms with E-state index in [-0.39, 0.29) is 11.4 Å². The molecular formula is C16H22N4O. The lowest BCUT2D eigenvalue weighted by atomic mass is 10.1. The first-order valence-electron chi connectivity index (χ1n) is 7.09. The molecule has 0 atom stereocenters. The minimum atomic E-state index is -0.381. The summed E-state index contributed by atoms with van der Waals surface area (Å²) in [6.45, 7) is 4.25. The Morgan fingerprint density at radius 3 is 2.71 bits per heavy atom. The minimum Gasteiger partial charge on any atom is -0.354 e. The lowest BCUT2D eigenvalue weighted by molar-refractivity contribution is -0.121. The van der Waals surface area contributed by atoms with Crippen molar-refractivity contribution < 1.29 is 4.79 Å². The van der Waals surface area contributed by atoms with Gasteiger partial charge in [-0.05, 0) is 38.0 Å². The van der Waals surface area contributed by atoms with E-state index in [0.717, 1.165) is 11.3 Å². The van der Waals surface area contributed by atoms with Crippen molar-refractivity contribution >= 4 is 5.91 Å². The molecule has 0 spiro atoms. The first-order valence-corrected chi connectivity index (χ1v) is 7.09. The summed E-state index contributed by atoms with van der Waals surface area (Å²) < 4.78 is 1.82. The van der Waals surface area contributed by atoms with Crippen molar-refractivity contribution in [2.24, 2.45) is 5.73 Å². The van der Waals surface area contributed by atoms with Crippen molar-refractivity contribution in [3.8, 4) is 5.69 Å². The minimum absolute atomic E-state index is 0.0148. The third kappa shape index (κ3) is 5.04. The molecule has 0 bridgehead atoms. The lowest BCUT2D eigenvalue weighted by Gasteiger charge is -2.18. The van der Waals surface area contributed by atoms with Crippen LogP contribution < -0.4 is 11.1 Å². The van der Waals surface area contributed by atoms with Crippen LogP contribution in [0.25, 0.3) is 5.69 Å². The highest BCUT2D eigenvalue weighted by Gasteiger charge is 2.12. The maximum atomic E-state index is 11.7. The molecule has 0 saturated carbocycles. The van der Waals surface area contributed by atoms with E-state index in [1.807, 2.05) is 55.1 Å². The van der Waals surface area contributed by atoms with Crippen LogP contribution in [0.15, 0.2) is 42.7 Å². The summed E-state index contributed by atoms with van der Waals surface area (Å²) in [6, 6.07) is 9.90. The SMILES string of the molecule is CC(C)(N)CNC(=O)CCc1cnn(-c2ccccc2)c1. The fourth-order valence-corrected chi connectivity index (χ4v) is 1.88. The van der Waals surface area contributed by atoms with Gasteiger partial charge in [-0.25, -0.2) is 4.68 Å². The summed E-state index contributed by atoms with van der Waals surface area (Å²) in [4.78, 5) is 11.7. The number of nitrogens with two attached hydrogens (primary N) is 1. The van der Waals surface area contributed by atoms with Gasteiger partial charge in [-0.2, -0.15) is 5.10 Å². The fourth-order valence-electron chi connectivity index (χ4n) is 1.88. The van der Waals surface area contributed by atoms with Crippen molar-refractivity contribution in [3.05, 3.63) is 48.3 Å². The summed E-state index contributed by atoms with van der Waals surface area (Å²) in [5.41, 5.74) is 7.50. The van der Waals surface area contributed by atoms with Crippen LogP contribution in [-0.2, 0) is 11.2 Å². The number of nitrogens with zero attached hydrogens (tertiary/aromatic N) is 2. The third-order valence-electron chi connectivity index (χ3n) is 3.04. The van der Waals surface area contributed by atoms with Crippen molar-refractivity contribution in [2.75, 3.05) is 6.54 Å². The molecule has 5 nitrogen and oxygen atoms in total. The first-order chi connectivity index (χ1) is 9.94. The maximum Gasteiger partial charge on any atom is 0.220 e. The van der Waals surface area contributed by atoms with Gasteiger partial charge in [0.1, 0.15) is 0 Å². The number of hydrogen-bond donors (Lipinski definition) is 2. The number of benzene rings is 1. The second-order valence-corrected chi connectivity index (χ2v) is 5.89. The molecular weight excluding hydrogens is 264 g/mol. The Morgan fingerprint density at radius 2 is 2.05 bits per heavy atom. The van der Waals surface area contributed by atoms with Gasteiger partial charge in [-0.15, -0.1) is 0 Å². The van der Waals surface area contributed by atoms with Gasteiger partial charge < -0.3 is 11.1 Å².